The van der Waals surface area contributed by atoms with Gasteiger partial charge in [0.15, 0.2) is 5.16 Å². The number of thioether (sulfide) groups is 1. The van der Waals surface area contributed by atoms with Crippen molar-refractivity contribution in [1.29, 1.82) is 0 Å². The van der Waals surface area contributed by atoms with Gasteiger partial charge >= 0.3 is 6.18 Å². The number of imidazole rings is 1. The Balaban J connectivity index is 2.38. The first-order chi connectivity index (χ1) is 9.87. The minimum atomic E-state index is -4.32. The van der Waals surface area contributed by atoms with Crippen LogP contribution < -0.4 is 0 Å². The van der Waals surface area contributed by atoms with Crippen LogP contribution in [0.4, 0.5) is 13.2 Å². The molecule has 0 aliphatic rings. The number of rotatable bonds is 5. The van der Waals surface area contributed by atoms with E-state index in [1.54, 1.807) is 30.3 Å². The molecule has 0 amide bonds. The molecule has 0 radical (unpaired) electrons. The third-order valence-electron chi connectivity index (χ3n) is 2.58. The maximum atomic E-state index is 12.8. The average Bonchev–Trinajstić information content (AvgIpc) is 2.78. The highest BCUT2D eigenvalue weighted by Gasteiger charge is 2.30. The van der Waals surface area contributed by atoms with E-state index in [-0.39, 0.29) is 5.16 Å². The SMILES string of the molecule is C=C(Cl)CSc1ncc(-c2ccccc2)n1CC(F)(F)F. The molecule has 0 saturated carbocycles. The normalized spacial score (nSPS) is 11.6. The van der Waals surface area contributed by atoms with Crippen molar-refractivity contribution < 1.29 is 13.2 Å². The lowest BCUT2D eigenvalue weighted by atomic mass is 10.2. The Morgan fingerprint density at radius 3 is 2.52 bits per heavy atom. The van der Waals surface area contributed by atoms with Crippen molar-refractivity contribution in [3.05, 3.63) is 48.1 Å². The van der Waals surface area contributed by atoms with E-state index < -0.39 is 12.7 Å². The smallest absolute Gasteiger partial charge is 0.310 e. The van der Waals surface area contributed by atoms with Gasteiger partial charge in [0.05, 0.1) is 11.9 Å². The van der Waals surface area contributed by atoms with Crippen molar-refractivity contribution in [2.24, 2.45) is 0 Å². The van der Waals surface area contributed by atoms with E-state index in [1.165, 1.54) is 6.20 Å². The van der Waals surface area contributed by atoms with Crippen molar-refractivity contribution in [3.8, 4) is 11.3 Å². The Labute approximate surface area is 129 Å². The van der Waals surface area contributed by atoms with Crippen LogP contribution in [-0.2, 0) is 6.54 Å². The second-order valence-corrected chi connectivity index (χ2v) is 5.78. The highest BCUT2D eigenvalue weighted by atomic mass is 35.5. The van der Waals surface area contributed by atoms with E-state index in [2.05, 4.69) is 11.6 Å². The number of alkyl halides is 3. The molecule has 0 fully saturated rings. The van der Waals surface area contributed by atoms with E-state index >= 15 is 0 Å². The van der Waals surface area contributed by atoms with Gasteiger partial charge in [0.1, 0.15) is 6.54 Å². The second-order valence-electron chi connectivity index (χ2n) is 4.30. The number of hydrogen-bond donors (Lipinski definition) is 0. The molecular weight excluding hydrogens is 321 g/mol. The average molecular weight is 333 g/mol. The lowest BCUT2D eigenvalue weighted by molar-refractivity contribution is -0.141. The zero-order valence-electron chi connectivity index (χ0n) is 10.9. The van der Waals surface area contributed by atoms with Gasteiger partial charge in [-0.25, -0.2) is 4.98 Å². The van der Waals surface area contributed by atoms with E-state index in [4.69, 9.17) is 11.6 Å². The van der Waals surface area contributed by atoms with Gasteiger partial charge < -0.3 is 4.57 Å². The molecule has 2 rings (SSSR count). The highest BCUT2D eigenvalue weighted by Crippen LogP contribution is 2.30. The van der Waals surface area contributed by atoms with E-state index in [0.29, 0.717) is 22.0 Å². The first-order valence-electron chi connectivity index (χ1n) is 6.00. The molecule has 7 heteroatoms. The molecule has 1 heterocycles. The highest BCUT2D eigenvalue weighted by molar-refractivity contribution is 7.99. The van der Waals surface area contributed by atoms with Gasteiger partial charge in [-0.05, 0) is 5.56 Å². The van der Waals surface area contributed by atoms with E-state index in [0.717, 1.165) is 16.3 Å². The zero-order chi connectivity index (χ0) is 15.5. The Bertz CT molecular complexity index is 623. The molecule has 0 N–H and O–H groups in total. The summed E-state index contributed by atoms with van der Waals surface area (Å²) in [6.45, 7) is 2.44. The van der Waals surface area contributed by atoms with Crippen molar-refractivity contribution in [2.75, 3.05) is 5.75 Å². The monoisotopic (exact) mass is 332 g/mol. The first-order valence-corrected chi connectivity index (χ1v) is 7.37. The topological polar surface area (TPSA) is 17.8 Å². The molecular formula is C14H12ClF3N2S. The number of aromatic nitrogens is 2. The van der Waals surface area contributed by atoms with E-state index in [9.17, 15) is 13.2 Å². The number of benzene rings is 1. The molecule has 112 valence electrons. The molecule has 0 spiro atoms. The van der Waals surface area contributed by atoms with Crippen LogP contribution in [-0.4, -0.2) is 21.5 Å². The Kier molecular flexibility index (Phi) is 5.00. The largest absolute Gasteiger partial charge is 0.406 e. The summed E-state index contributed by atoms with van der Waals surface area (Å²) in [6, 6.07) is 8.85. The van der Waals surface area contributed by atoms with Gasteiger partial charge in [-0.15, -0.1) is 0 Å². The molecule has 0 saturated heterocycles. The fourth-order valence-corrected chi connectivity index (χ4v) is 2.68. The van der Waals surface area contributed by atoms with Crippen molar-refractivity contribution >= 4 is 23.4 Å². The van der Waals surface area contributed by atoms with Crippen LogP contribution in [0.2, 0.25) is 0 Å². The summed E-state index contributed by atoms with van der Waals surface area (Å²) in [5, 5.41) is 0.635. The summed E-state index contributed by atoms with van der Waals surface area (Å²) < 4.78 is 39.5. The molecule has 2 nitrogen and oxygen atoms in total. The predicted molar refractivity (Wildman–Crippen MR) is 79.4 cm³/mol. The van der Waals surface area contributed by atoms with Gasteiger partial charge in [-0.2, -0.15) is 13.2 Å². The summed E-state index contributed by atoms with van der Waals surface area (Å²) in [4.78, 5) is 4.07. The van der Waals surface area contributed by atoms with Gasteiger partial charge in [0, 0.05) is 10.8 Å². The van der Waals surface area contributed by atoms with E-state index in [1.807, 2.05) is 0 Å². The summed E-state index contributed by atoms with van der Waals surface area (Å²) in [7, 11) is 0. The number of nitrogens with zero attached hydrogens (tertiary/aromatic N) is 2. The van der Waals surface area contributed by atoms with Crippen LogP contribution in [0.3, 0.4) is 0 Å². The molecule has 0 atom stereocenters. The third-order valence-corrected chi connectivity index (χ3v) is 3.95. The van der Waals surface area contributed by atoms with Crippen molar-refractivity contribution in [1.82, 2.24) is 9.55 Å². The summed E-state index contributed by atoms with van der Waals surface area (Å²) in [5.41, 5.74) is 1.11. The fourth-order valence-electron chi connectivity index (χ4n) is 1.79. The minimum Gasteiger partial charge on any atom is -0.310 e. The predicted octanol–water partition coefficient (Wildman–Crippen LogP) is 4.96. The van der Waals surface area contributed by atoms with Gasteiger partial charge in [0.25, 0.3) is 0 Å². The lowest BCUT2D eigenvalue weighted by Gasteiger charge is -2.14. The number of hydrogen-bond acceptors (Lipinski definition) is 2. The molecule has 21 heavy (non-hydrogen) atoms. The van der Waals surface area contributed by atoms with Crippen molar-refractivity contribution in [2.45, 2.75) is 17.9 Å². The lowest BCUT2D eigenvalue weighted by Crippen LogP contribution is -2.19. The second kappa shape index (κ2) is 6.58. The molecule has 0 bridgehead atoms. The van der Waals surface area contributed by atoms with Crippen molar-refractivity contribution in [3.63, 3.8) is 0 Å². The van der Waals surface area contributed by atoms with Gasteiger partial charge in [-0.1, -0.05) is 60.3 Å². The van der Waals surface area contributed by atoms with Crippen LogP contribution in [0.25, 0.3) is 11.3 Å². The Hall–Kier alpha value is -1.40. The molecule has 0 unspecified atom stereocenters. The standard InChI is InChI=1S/C14H12ClF3N2S/c1-10(15)8-21-13-19-7-12(11-5-3-2-4-6-11)20(13)9-14(16,17)18/h2-7H,1,8-9H2. The third kappa shape index (κ3) is 4.54. The quantitative estimate of drug-likeness (QED) is 0.720. The first kappa shape index (κ1) is 16.0. The van der Waals surface area contributed by atoms with Crippen LogP contribution >= 0.6 is 23.4 Å². The minimum absolute atomic E-state index is 0.271. The molecule has 1 aromatic carbocycles. The maximum Gasteiger partial charge on any atom is 0.406 e. The zero-order valence-corrected chi connectivity index (χ0v) is 12.5. The molecule has 1 aromatic heterocycles. The summed E-state index contributed by atoms with van der Waals surface area (Å²) in [5.74, 6) is 0.310. The summed E-state index contributed by atoms with van der Waals surface area (Å²) >= 11 is 6.79. The molecule has 0 aliphatic heterocycles. The number of halogens is 4. The van der Waals surface area contributed by atoms with Gasteiger partial charge in [-0.3, -0.25) is 0 Å². The summed E-state index contributed by atoms with van der Waals surface area (Å²) in [6.07, 6.45) is -2.88. The van der Waals surface area contributed by atoms with Crippen LogP contribution in [0.15, 0.2) is 53.3 Å². The molecule has 0 aliphatic carbocycles. The Morgan fingerprint density at radius 1 is 1.29 bits per heavy atom. The molecule has 2 aromatic rings. The maximum absolute atomic E-state index is 12.8. The Morgan fingerprint density at radius 2 is 1.95 bits per heavy atom. The van der Waals surface area contributed by atoms with Crippen LogP contribution in [0.5, 0.6) is 0 Å². The van der Waals surface area contributed by atoms with Crippen LogP contribution in [0, 0.1) is 0 Å². The van der Waals surface area contributed by atoms with Gasteiger partial charge in [0.2, 0.25) is 0 Å². The fraction of sp³-hybridized carbons (Fsp3) is 0.214. The van der Waals surface area contributed by atoms with Crippen LogP contribution in [0.1, 0.15) is 0 Å².